The summed E-state index contributed by atoms with van der Waals surface area (Å²) in [6.07, 6.45) is -0.00273. The van der Waals surface area contributed by atoms with E-state index in [0.29, 0.717) is 12.8 Å². The van der Waals surface area contributed by atoms with Crippen LogP contribution in [-0.4, -0.2) is 93.8 Å². The molecule has 0 heterocycles. The van der Waals surface area contributed by atoms with Gasteiger partial charge in [0, 0.05) is 25.8 Å². The lowest BCUT2D eigenvalue weighted by Crippen LogP contribution is -2.53. The van der Waals surface area contributed by atoms with Crippen LogP contribution in [0.15, 0.2) is 30.3 Å². The van der Waals surface area contributed by atoms with Crippen molar-refractivity contribution >= 4 is 41.7 Å². The molecule has 0 aliphatic heterocycles. The van der Waals surface area contributed by atoms with Crippen LogP contribution in [0, 0.1) is 0 Å². The molecule has 0 aliphatic rings. The first-order valence-electron chi connectivity index (χ1n) is 16.5. The fourth-order valence-corrected chi connectivity index (χ4v) is 4.45. The van der Waals surface area contributed by atoms with Crippen LogP contribution >= 0.6 is 0 Å². The van der Waals surface area contributed by atoms with Crippen molar-refractivity contribution in [3.05, 3.63) is 35.9 Å². The first-order valence-corrected chi connectivity index (χ1v) is 16.5. The van der Waals surface area contributed by atoms with E-state index in [2.05, 4.69) is 21.3 Å². The molecule has 4 atom stereocenters. The summed E-state index contributed by atoms with van der Waals surface area (Å²) in [6.45, 7) is 10.3. The number of hydrogen-bond donors (Lipinski definition) is 7. The third-order valence-electron chi connectivity index (χ3n) is 6.80. The second kappa shape index (κ2) is 20.7. The van der Waals surface area contributed by atoms with E-state index in [1.54, 1.807) is 65.8 Å². The summed E-state index contributed by atoms with van der Waals surface area (Å²) in [4.78, 5) is 86.0. The van der Waals surface area contributed by atoms with Gasteiger partial charge in [0.05, 0.1) is 6.04 Å². The third-order valence-corrected chi connectivity index (χ3v) is 6.80. The van der Waals surface area contributed by atoms with Crippen LogP contribution in [-0.2, 0) is 44.7 Å². The normalized spacial score (nSPS) is 13.8. The number of nitrogens with one attached hydrogen (secondary N) is 4. The number of carbonyl (C=O) groups excluding carboxylic acids is 5. The Morgan fingerprint density at radius 1 is 0.720 bits per heavy atom. The van der Waals surface area contributed by atoms with E-state index in [-0.39, 0.29) is 38.6 Å². The van der Waals surface area contributed by atoms with Gasteiger partial charge in [0.15, 0.2) is 0 Å². The van der Waals surface area contributed by atoms with E-state index >= 15 is 0 Å². The molecular weight excluding hydrogens is 654 g/mol. The number of esters is 2. The van der Waals surface area contributed by atoms with E-state index in [1.807, 2.05) is 6.07 Å². The van der Waals surface area contributed by atoms with Gasteiger partial charge in [-0.05, 0) is 79.2 Å². The van der Waals surface area contributed by atoms with Gasteiger partial charge in [-0.25, -0.2) is 14.4 Å². The number of nitrogens with two attached hydrogens (primary N) is 1. The molecule has 0 saturated heterocycles. The molecule has 0 fully saturated rings. The molecule has 0 saturated carbocycles. The number of aliphatic carboxylic acids is 2. The summed E-state index contributed by atoms with van der Waals surface area (Å²) in [6, 6.07) is 3.31. The number of urea groups is 1. The van der Waals surface area contributed by atoms with Gasteiger partial charge in [0.1, 0.15) is 29.3 Å². The molecule has 280 valence electrons. The van der Waals surface area contributed by atoms with E-state index in [1.165, 1.54) is 0 Å². The highest BCUT2D eigenvalue weighted by Crippen LogP contribution is 2.13. The van der Waals surface area contributed by atoms with Crippen molar-refractivity contribution in [1.82, 2.24) is 21.3 Å². The van der Waals surface area contributed by atoms with Crippen molar-refractivity contribution in [2.45, 2.75) is 128 Å². The Balaban J connectivity index is 2.83. The Kier molecular flexibility index (Phi) is 17.9. The van der Waals surface area contributed by atoms with E-state index < -0.39 is 83.5 Å². The number of carboxylic acid groups (broad SMARTS) is 2. The van der Waals surface area contributed by atoms with Crippen LogP contribution in [0.3, 0.4) is 0 Å². The molecule has 1 aromatic rings. The number of unbranched alkanes of at least 4 members (excludes halogenated alkanes) is 1. The van der Waals surface area contributed by atoms with Gasteiger partial charge < -0.3 is 46.7 Å². The number of hydrogen-bond acceptors (Lipinski definition) is 10. The Labute approximate surface area is 292 Å². The van der Waals surface area contributed by atoms with E-state index in [9.17, 15) is 38.7 Å². The molecule has 16 nitrogen and oxygen atoms in total. The molecule has 0 spiro atoms. The molecule has 1 aromatic carbocycles. The Morgan fingerprint density at radius 3 is 1.88 bits per heavy atom. The minimum Gasteiger partial charge on any atom is -0.481 e. The first-order chi connectivity index (χ1) is 23.2. The minimum atomic E-state index is -1.50. The standard InChI is InChI=1S/C34H53N5O11/c1-33(2,3)49-27(42)18-15-22(35)28(43)37-25(20-21-12-8-7-9-13-21)29(44)36-19-11-10-14-24(31(47)50-34(4,5)6)39-32(48)38-23(30(45)46)16-17-26(40)41/h7-9,12-13,22-25H,10-11,14-20,35H2,1-6H3,(H,36,44)(H,37,43)(H,40,41)(H,45,46)(H2,38,39,48). The van der Waals surface area contributed by atoms with Crippen molar-refractivity contribution in [1.29, 1.82) is 0 Å². The summed E-state index contributed by atoms with van der Waals surface area (Å²) in [7, 11) is 0. The predicted octanol–water partition coefficient (Wildman–Crippen LogP) is 1.78. The Hall–Kier alpha value is -4.73. The van der Waals surface area contributed by atoms with E-state index in [0.717, 1.165) is 5.56 Å². The molecule has 4 amide bonds. The number of rotatable bonds is 20. The quantitative estimate of drug-likeness (QED) is 0.0757. The average Bonchev–Trinajstić information content (AvgIpc) is 2.99. The van der Waals surface area contributed by atoms with Crippen molar-refractivity contribution < 1.29 is 53.2 Å². The fourth-order valence-electron chi connectivity index (χ4n) is 4.45. The maximum absolute atomic E-state index is 13.2. The van der Waals surface area contributed by atoms with Crippen LogP contribution in [0.4, 0.5) is 4.79 Å². The summed E-state index contributed by atoms with van der Waals surface area (Å²) >= 11 is 0. The summed E-state index contributed by atoms with van der Waals surface area (Å²) in [5.41, 5.74) is 5.25. The van der Waals surface area contributed by atoms with Gasteiger partial charge in [-0.3, -0.25) is 19.2 Å². The number of amides is 4. The molecule has 0 bridgehead atoms. The van der Waals surface area contributed by atoms with Gasteiger partial charge in [0.25, 0.3) is 0 Å². The molecule has 4 unspecified atom stereocenters. The van der Waals surface area contributed by atoms with Crippen LogP contribution in [0.25, 0.3) is 0 Å². The number of carboxylic acids is 2. The molecule has 1 rings (SSSR count). The van der Waals surface area contributed by atoms with Gasteiger partial charge >= 0.3 is 29.9 Å². The molecule has 0 radical (unpaired) electrons. The Bertz CT molecular complexity index is 1310. The molecule has 0 aliphatic carbocycles. The monoisotopic (exact) mass is 707 g/mol. The zero-order chi connectivity index (χ0) is 38.1. The number of carbonyl (C=O) groups is 7. The fraction of sp³-hybridized carbons (Fsp3) is 0.618. The lowest BCUT2D eigenvalue weighted by molar-refractivity contribution is -0.157. The van der Waals surface area contributed by atoms with Crippen LogP contribution in [0.5, 0.6) is 0 Å². The van der Waals surface area contributed by atoms with Gasteiger partial charge in [-0.2, -0.15) is 0 Å². The minimum absolute atomic E-state index is 0.0184. The zero-order valence-corrected chi connectivity index (χ0v) is 29.7. The lowest BCUT2D eigenvalue weighted by Gasteiger charge is -2.25. The van der Waals surface area contributed by atoms with Gasteiger partial charge in [-0.1, -0.05) is 30.3 Å². The molecule has 50 heavy (non-hydrogen) atoms. The summed E-state index contributed by atoms with van der Waals surface area (Å²) in [5.74, 6) is -5.02. The third kappa shape index (κ3) is 19.3. The first kappa shape index (κ1) is 43.3. The van der Waals surface area contributed by atoms with Crippen molar-refractivity contribution in [2.24, 2.45) is 5.73 Å². The molecule has 8 N–H and O–H groups in total. The SMILES string of the molecule is CC(C)(C)OC(=O)CCC(N)C(=O)NC(Cc1ccccc1)C(=O)NCCCCC(NC(=O)NC(CCC(=O)O)C(=O)O)C(=O)OC(C)(C)C. The molecule has 0 aromatic heterocycles. The summed E-state index contributed by atoms with van der Waals surface area (Å²) in [5, 5.41) is 28.2. The highest BCUT2D eigenvalue weighted by atomic mass is 16.6. The number of ether oxygens (including phenoxy) is 2. The number of benzene rings is 1. The molecule has 16 heteroatoms. The van der Waals surface area contributed by atoms with Crippen molar-refractivity contribution in [3.8, 4) is 0 Å². The average molecular weight is 708 g/mol. The van der Waals surface area contributed by atoms with Gasteiger partial charge in [-0.15, -0.1) is 0 Å². The summed E-state index contributed by atoms with van der Waals surface area (Å²) < 4.78 is 10.7. The van der Waals surface area contributed by atoms with Crippen LogP contribution in [0.1, 0.15) is 92.1 Å². The van der Waals surface area contributed by atoms with Crippen molar-refractivity contribution in [2.75, 3.05) is 6.54 Å². The highest BCUT2D eigenvalue weighted by molar-refractivity contribution is 5.90. The van der Waals surface area contributed by atoms with Crippen molar-refractivity contribution in [3.63, 3.8) is 0 Å². The molecular formula is C34H53N5O11. The van der Waals surface area contributed by atoms with Gasteiger partial charge in [0.2, 0.25) is 11.8 Å². The van der Waals surface area contributed by atoms with Crippen LogP contribution in [0.2, 0.25) is 0 Å². The maximum Gasteiger partial charge on any atom is 0.329 e. The predicted molar refractivity (Wildman–Crippen MR) is 182 cm³/mol. The highest BCUT2D eigenvalue weighted by Gasteiger charge is 2.29. The van der Waals surface area contributed by atoms with E-state index in [4.69, 9.17) is 20.3 Å². The zero-order valence-electron chi connectivity index (χ0n) is 29.7. The second-order valence-electron chi connectivity index (χ2n) is 13.8. The maximum atomic E-state index is 13.2. The lowest BCUT2D eigenvalue weighted by atomic mass is 10.0. The topological polar surface area (TPSA) is 253 Å². The largest absolute Gasteiger partial charge is 0.481 e. The Morgan fingerprint density at radius 2 is 1.32 bits per heavy atom. The smallest absolute Gasteiger partial charge is 0.329 e. The van der Waals surface area contributed by atoms with Crippen LogP contribution < -0.4 is 27.0 Å². The second-order valence-corrected chi connectivity index (χ2v) is 13.8.